The molecule has 2 aromatic heterocycles. The van der Waals surface area contributed by atoms with Crippen LogP contribution < -0.4 is 0 Å². The Morgan fingerprint density at radius 1 is 1.62 bits per heavy atom. The molecule has 0 spiro atoms. The fourth-order valence-electron chi connectivity index (χ4n) is 1.08. The highest BCUT2D eigenvalue weighted by molar-refractivity contribution is 14.1. The van der Waals surface area contributed by atoms with Gasteiger partial charge in [-0.25, -0.2) is 4.98 Å². The van der Waals surface area contributed by atoms with Crippen LogP contribution in [-0.4, -0.2) is 10.8 Å². The lowest BCUT2D eigenvalue weighted by atomic mass is 10.2. The number of aromatic nitrogens is 1. The van der Waals surface area contributed by atoms with Gasteiger partial charge in [0, 0.05) is 11.8 Å². The van der Waals surface area contributed by atoms with Gasteiger partial charge in [-0.3, -0.25) is 4.79 Å². The third-order valence-corrected chi connectivity index (χ3v) is 2.62. The predicted octanol–water partition coefficient (Wildman–Crippen LogP) is 2.64. The van der Waals surface area contributed by atoms with Crippen LogP contribution in [0.15, 0.2) is 22.9 Å². The van der Waals surface area contributed by atoms with Crippen LogP contribution in [0.3, 0.4) is 0 Å². The number of carbonyl (C=O) groups is 1. The van der Waals surface area contributed by atoms with Crippen molar-refractivity contribution in [1.29, 1.82) is 0 Å². The van der Waals surface area contributed by atoms with E-state index >= 15 is 0 Å². The number of pyridine rings is 1. The first-order valence-electron chi connectivity index (χ1n) is 3.72. The second-order valence-electron chi connectivity index (χ2n) is 2.72. The quantitative estimate of drug-likeness (QED) is 0.598. The summed E-state index contributed by atoms with van der Waals surface area (Å²) >= 11 is 2.15. The molecule has 0 N–H and O–H groups in total. The molecule has 0 fully saturated rings. The van der Waals surface area contributed by atoms with E-state index in [2.05, 4.69) is 27.6 Å². The maximum absolute atomic E-state index is 11.0. The maximum Gasteiger partial charge on any atom is 0.226 e. The number of fused-ring (bicyclic) bond motifs is 1. The molecule has 0 saturated heterocycles. The van der Waals surface area contributed by atoms with Crippen molar-refractivity contribution in [3.63, 3.8) is 0 Å². The number of rotatable bonds is 1. The first-order chi connectivity index (χ1) is 6.18. The smallest absolute Gasteiger partial charge is 0.226 e. The summed E-state index contributed by atoms with van der Waals surface area (Å²) in [6, 6.07) is 1.80. The van der Waals surface area contributed by atoms with Crippen LogP contribution in [0.25, 0.3) is 11.1 Å². The zero-order valence-electron chi connectivity index (χ0n) is 6.87. The van der Waals surface area contributed by atoms with Crippen LogP contribution in [0.4, 0.5) is 0 Å². The molecule has 2 rings (SSSR count). The number of nitrogens with zero attached hydrogens (tertiary/aromatic N) is 1. The lowest BCUT2D eigenvalue weighted by Gasteiger charge is -1.93. The van der Waals surface area contributed by atoms with Crippen molar-refractivity contribution in [2.45, 2.75) is 6.92 Å². The monoisotopic (exact) mass is 287 g/mol. The Kier molecular flexibility index (Phi) is 2.07. The molecule has 0 aliphatic rings. The minimum Gasteiger partial charge on any atom is -0.445 e. The Labute approximate surface area is 88.3 Å². The maximum atomic E-state index is 11.0. The van der Waals surface area contributed by atoms with Crippen molar-refractivity contribution in [2.75, 3.05) is 0 Å². The van der Waals surface area contributed by atoms with Crippen molar-refractivity contribution in [3.8, 4) is 0 Å². The highest BCUT2D eigenvalue weighted by Gasteiger charge is 2.07. The molecule has 0 aromatic carbocycles. The van der Waals surface area contributed by atoms with Gasteiger partial charge in [0.15, 0.2) is 5.78 Å². The molecule has 0 unspecified atom stereocenters. The van der Waals surface area contributed by atoms with Gasteiger partial charge in [0.2, 0.25) is 5.71 Å². The van der Waals surface area contributed by atoms with Gasteiger partial charge in [0.25, 0.3) is 0 Å². The number of halogens is 1. The molecule has 0 aliphatic carbocycles. The van der Waals surface area contributed by atoms with Crippen LogP contribution in [0.2, 0.25) is 0 Å². The second kappa shape index (κ2) is 3.10. The molecule has 0 radical (unpaired) electrons. The number of hydrogen-bond acceptors (Lipinski definition) is 3. The normalized spacial score (nSPS) is 10.6. The van der Waals surface area contributed by atoms with E-state index in [0.29, 0.717) is 11.3 Å². The van der Waals surface area contributed by atoms with Gasteiger partial charge in [-0.1, -0.05) is 0 Å². The van der Waals surface area contributed by atoms with E-state index in [1.54, 1.807) is 12.3 Å². The molecule has 0 amide bonds. The summed E-state index contributed by atoms with van der Waals surface area (Å²) in [5.74, 6) is 0.0198. The van der Waals surface area contributed by atoms with Gasteiger partial charge in [0.1, 0.15) is 6.26 Å². The van der Waals surface area contributed by atoms with Gasteiger partial charge >= 0.3 is 0 Å². The van der Waals surface area contributed by atoms with Crippen LogP contribution in [-0.2, 0) is 0 Å². The van der Waals surface area contributed by atoms with Gasteiger partial charge < -0.3 is 4.42 Å². The molecule has 0 bridgehead atoms. The molecule has 13 heavy (non-hydrogen) atoms. The second-order valence-corrected chi connectivity index (χ2v) is 3.88. The van der Waals surface area contributed by atoms with Gasteiger partial charge in [-0.15, -0.1) is 0 Å². The lowest BCUT2D eigenvalue weighted by molar-refractivity contribution is 0.101. The number of carbonyl (C=O) groups excluding carboxylic acids is 1. The van der Waals surface area contributed by atoms with E-state index in [9.17, 15) is 4.79 Å². The molecule has 4 heteroatoms. The first-order valence-corrected chi connectivity index (χ1v) is 4.80. The van der Waals surface area contributed by atoms with E-state index in [4.69, 9.17) is 4.42 Å². The zero-order valence-corrected chi connectivity index (χ0v) is 9.03. The molecule has 2 aromatic rings. The van der Waals surface area contributed by atoms with Crippen molar-refractivity contribution in [2.24, 2.45) is 0 Å². The molecule has 66 valence electrons. The van der Waals surface area contributed by atoms with Crippen LogP contribution in [0.5, 0.6) is 0 Å². The molecule has 0 atom stereocenters. The molecule has 3 nitrogen and oxygen atoms in total. The van der Waals surface area contributed by atoms with E-state index in [1.807, 2.05) is 0 Å². The fraction of sp³-hybridized carbons (Fsp3) is 0.111. The first kappa shape index (κ1) is 8.68. The highest BCUT2D eigenvalue weighted by atomic mass is 127. The van der Waals surface area contributed by atoms with Gasteiger partial charge in [0.05, 0.1) is 8.96 Å². The Morgan fingerprint density at radius 2 is 2.38 bits per heavy atom. The Balaban J connectivity index is 2.72. The Bertz CT molecular complexity index is 475. The summed E-state index contributed by atoms with van der Waals surface area (Å²) in [5.41, 5.74) is 1.20. The van der Waals surface area contributed by atoms with Crippen LogP contribution in [0, 0.1) is 3.57 Å². The molecular formula is C9H6INO2. The number of ketones is 1. The summed E-state index contributed by atoms with van der Waals surface area (Å²) in [4.78, 5) is 15.1. The number of hydrogen-bond donors (Lipinski definition) is 0. The highest BCUT2D eigenvalue weighted by Crippen LogP contribution is 2.21. The van der Waals surface area contributed by atoms with Crippen molar-refractivity contribution >= 4 is 39.5 Å². The minimum atomic E-state index is 0.0198. The standard InChI is InChI=1S/C9H6INO2/c1-5(12)6-2-7-8(10)4-13-9(7)11-3-6/h2-4H,1H3. The zero-order chi connectivity index (χ0) is 9.42. The topological polar surface area (TPSA) is 43.1 Å². The van der Waals surface area contributed by atoms with Crippen LogP contribution in [0.1, 0.15) is 17.3 Å². The van der Waals surface area contributed by atoms with E-state index in [-0.39, 0.29) is 5.78 Å². The van der Waals surface area contributed by atoms with E-state index < -0.39 is 0 Å². The summed E-state index contributed by atoms with van der Waals surface area (Å²) in [5, 5.41) is 0.897. The summed E-state index contributed by atoms with van der Waals surface area (Å²) in [7, 11) is 0. The number of Topliss-reactive ketones (excluding diaryl/α,β-unsaturated/α-hetero) is 1. The summed E-state index contributed by atoms with van der Waals surface area (Å²) in [6.07, 6.45) is 3.16. The summed E-state index contributed by atoms with van der Waals surface area (Å²) in [6.45, 7) is 1.52. The molecule has 0 saturated carbocycles. The van der Waals surface area contributed by atoms with E-state index in [0.717, 1.165) is 8.96 Å². The summed E-state index contributed by atoms with van der Waals surface area (Å²) < 4.78 is 6.13. The average Bonchev–Trinajstić information content (AvgIpc) is 2.47. The van der Waals surface area contributed by atoms with Gasteiger partial charge in [-0.2, -0.15) is 0 Å². The van der Waals surface area contributed by atoms with Crippen molar-refractivity contribution in [3.05, 3.63) is 27.7 Å². The Morgan fingerprint density at radius 3 is 3.08 bits per heavy atom. The average molecular weight is 287 g/mol. The number of furan rings is 1. The SMILES string of the molecule is CC(=O)c1cnc2occ(I)c2c1. The third kappa shape index (κ3) is 1.46. The minimum absolute atomic E-state index is 0.0198. The lowest BCUT2D eigenvalue weighted by Crippen LogP contribution is -1.92. The van der Waals surface area contributed by atoms with E-state index in [1.165, 1.54) is 13.1 Å². The predicted molar refractivity (Wildman–Crippen MR) is 56.7 cm³/mol. The van der Waals surface area contributed by atoms with Crippen LogP contribution >= 0.6 is 22.6 Å². The molecule has 0 aliphatic heterocycles. The van der Waals surface area contributed by atoms with Gasteiger partial charge in [-0.05, 0) is 35.6 Å². The fourth-order valence-corrected chi connectivity index (χ4v) is 1.59. The Hall–Kier alpha value is -0.910. The molecular weight excluding hydrogens is 281 g/mol. The van der Waals surface area contributed by atoms with Crippen molar-refractivity contribution in [1.82, 2.24) is 4.98 Å². The van der Waals surface area contributed by atoms with Crippen molar-refractivity contribution < 1.29 is 9.21 Å². The molecule has 2 heterocycles. The largest absolute Gasteiger partial charge is 0.445 e. The third-order valence-electron chi connectivity index (χ3n) is 1.79.